The van der Waals surface area contributed by atoms with Crippen molar-refractivity contribution in [3.8, 4) is 0 Å². The van der Waals surface area contributed by atoms with Crippen LogP contribution in [0.3, 0.4) is 0 Å². The molecule has 0 saturated heterocycles. The zero-order valence-electron chi connectivity index (χ0n) is 11.9. The van der Waals surface area contributed by atoms with Crippen molar-refractivity contribution >= 4 is 35.1 Å². The van der Waals surface area contributed by atoms with Gasteiger partial charge in [0.2, 0.25) is 0 Å². The number of nitro groups is 1. The zero-order chi connectivity index (χ0) is 17.6. The number of nitro benzene ring substituents is 1. The Kier molecular flexibility index (Phi) is 3.60. The summed E-state index contributed by atoms with van der Waals surface area (Å²) in [5, 5.41) is 11.7. The van der Waals surface area contributed by atoms with Gasteiger partial charge in [0.1, 0.15) is 6.29 Å². The van der Waals surface area contributed by atoms with E-state index in [1.54, 1.807) is 12.1 Å². The van der Waals surface area contributed by atoms with Crippen molar-refractivity contribution in [1.29, 1.82) is 0 Å². The molecule has 1 heterocycles. The second-order valence-electron chi connectivity index (χ2n) is 5.09. The Balaban J connectivity index is 2.61. The van der Waals surface area contributed by atoms with Gasteiger partial charge in [0.25, 0.3) is 5.69 Å². The number of hydrogen-bond donors (Lipinski definition) is 3. The minimum atomic E-state index is -4.67. The Hall–Kier alpha value is -2.81. The molecule has 0 fully saturated rings. The van der Waals surface area contributed by atoms with E-state index in [-0.39, 0.29) is 27.5 Å². The molecule has 1 aromatic heterocycles. The Morgan fingerprint density at radius 1 is 1.21 bits per heavy atom. The molecule has 124 valence electrons. The van der Waals surface area contributed by atoms with Gasteiger partial charge in [0.05, 0.1) is 21.3 Å². The molecule has 0 aliphatic rings. The van der Waals surface area contributed by atoms with Crippen molar-refractivity contribution in [2.45, 2.75) is 6.29 Å². The highest BCUT2D eigenvalue weighted by Gasteiger charge is 2.22. The van der Waals surface area contributed by atoms with Crippen molar-refractivity contribution in [3.63, 3.8) is 0 Å². The van der Waals surface area contributed by atoms with Gasteiger partial charge >= 0.3 is 18.7 Å². The van der Waals surface area contributed by atoms with Crippen molar-refractivity contribution in [2.75, 3.05) is 0 Å². The van der Waals surface area contributed by atoms with Gasteiger partial charge in [0, 0.05) is 11.5 Å². The number of H-pyrrole nitrogens is 1. The zero-order valence-corrected chi connectivity index (χ0v) is 12.8. The summed E-state index contributed by atoms with van der Waals surface area (Å²) in [4.78, 5) is 55.0. The van der Waals surface area contributed by atoms with Crippen molar-refractivity contribution in [1.82, 2.24) is 9.55 Å². The summed E-state index contributed by atoms with van der Waals surface area (Å²) < 4.78 is 12.0. The summed E-state index contributed by atoms with van der Waals surface area (Å²) in [6, 6.07) is 7.10. The van der Waals surface area contributed by atoms with Crippen LogP contribution in [-0.2, 0) is 10.9 Å². The third-order valence-electron chi connectivity index (χ3n) is 3.47. The summed E-state index contributed by atoms with van der Waals surface area (Å²) in [6.45, 7) is 0. The quantitative estimate of drug-likeness (QED) is 0.208. The number of non-ortho nitro benzene ring substituents is 1. The average molecular weight is 351 g/mol. The van der Waals surface area contributed by atoms with Gasteiger partial charge < -0.3 is 14.8 Å². The van der Waals surface area contributed by atoms with E-state index in [4.69, 9.17) is 0 Å². The van der Waals surface area contributed by atoms with Crippen molar-refractivity contribution in [3.05, 3.63) is 61.2 Å². The van der Waals surface area contributed by atoms with Crippen molar-refractivity contribution in [2.24, 2.45) is 0 Å². The van der Waals surface area contributed by atoms with Crippen LogP contribution in [0.1, 0.15) is 0 Å². The first kappa shape index (κ1) is 16.1. The average Bonchev–Trinajstić information content (AvgIpc) is 2.49. The molecule has 0 aliphatic carbocycles. The van der Waals surface area contributed by atoms with Crippen LogP contribution in [0, 0.1) is 10.1 Å². The number of rotatable bonds is 3. The van der Waals surface area contributed by atoms with Gasteiger partial charge in [-0.05, 0) is 6.07 Å². The lowest BCUT2D eigenvalue weighted by atomic mass is 10.1. The first-order valence-corrected chi connectivity index (χ1v) is 8.36. The lowest BCUT2D eigenvalue weighted by Crippen LogP contribution is -2.36. The van der Waals surface area contributed by atoms with Crippen LogP contribution in [-0.4, -0.2) is 24.3 Å². The van der Waals surface area contributed by atoms with Crippen LogP contribution >= 0.6 is 7.60 Å². The second kappa shape index (κ2) is 5.38. The number of nitrogens with one attached hydrogen (secondary N) is 1. The van der Waals surface area contributed by atoms with Gasteiger partial charge in [0.15, 0.2) is 0 Å². The predicted octanol–water partition coefficient (Wildman–Crippen LogP) is 0.886. The van der Waals surface area contributed by atoms with Gasteiger partial charge in [-0.15, -0.1) is 0 Å². The number of nitrogens with zero attached hydrogens (tertiary/aromatic N) is 2. The lowest BCUT2D eigenvalue weighted by Gasteiger charge is -2.13. The maximum Gasteiger partial charge on any atom is 0.345 e. The second-order valence-corrected chi connectivity index (χ2v) is 6.70. The number of fused-ring (bicyclic) bond motifs is 3. The number of aromatic amines is 1. The fourth-order valence-electron chi connectivity index (χ4n) is 2.60. The SMILES string of the molecule is O=c1[nH]c2cc([N+](=O)[O-])c3ccccc3c2n(CP(=O)(O)O)c1=O. The molecular formula is C13H10N3O7P. The molecule has 3 rings (SSSR count). The van der Waals surface area contributed by atoms with Crippen LogP contribution in [0.25, 0.3) is 21.8 Å². The molecule has 3 N–H and O–H groups in total. The Bertz CT molecular complexity index is 1160. The molecule has 0 atom stereocenters. The van der Waals surface area contributed by atoms with Gasteiger partial charge in [-0.2, -0.15) is 0 Å². The van der Waals surface area contributed by atoms with Gasteiger partial charge in [-0.25, -0.2) is 0 Å². The van der Waals surface area contributed by atoms with E-state index in [0.29, 0.717) is 4.57 Å². The summed E-state index contributed by atoms with van der Waals surface area (Å²) >= 11 is 0. The maximum absolute atomic E-state index is 12.1. The number of hydrogen-bond acceptors (Lipinski definition) is 5. The van der Waals surface area contributed by atoms with E-state index in [9.17, 15) is 34.1 Å². The standard InChI is InChI=1S/C13H10N3O7P/c17-12-13(18)15(6-24(21,22)23)11-8-4-2-1-3-7(8)10(16(19)20)5-9(11)14-12/h1-5H,6H2,(H,14,17)(H2,21,22,23). The van der Waals surface area contributed by atoms with Crippen LogP contribution in [0.5, 0.6) is 0 Å². The molecule has 0 radical (unpaired) electrons. The van der Waals surface area contributed by atoms with Crippen LogP contribution in [0.2, 0.25) is 0 Å². The predicted molar refractivity (Wildman–Crippen MR) is 85.0 cm³/mol. The highest BCUT2D eigenvalue weighted by atomic mass is 31.2. The van der Waals surface area contributed by atoms with E-state index in [0.717, 1.165) is 6.07 Å². The Morgan fingerprint density at radius 3 is 2.42 bits per heavy atom. The summed E-state index contributed by atoms with van der Waals surface area (Å²) in [7, 11) is -4.67. The van der Waals surface area contributed by atoms with Gasteiger partial charge in [-0.3, -0.25) is 28.8 Å². The van der Waals surface area contributed by atoms with Crippen LogP contribution in [0.15, 0.2) is 39.9 Å². The lowest BCUT2D eigenvalue weighted by molar-refractivity contribution is -0.382. The van der Waals surface area contributed by atoms with Crippen LogP contribution < -0.4 is 11.1 Å². The van der Waals surface area contributed by atoms with E-state index >= 15 is 0 Å². The molecule has 0 bridgehead atoms. The maximum atomic E-state index is 12.1. The molecule has 0 amide bonds. The van der Waals surface area contributed by atoms with E-state index in [1.165, 1.54) is 12.1 Å². The highest BCUT2D eigenvalue weighted by molar-refractivity contribution is 7.50. The molecule has 24 heavy (non-hydrogen) atoms. The van der Waals surface area contributed by atoms with E-state index < -0.39 is 29.9 Å². The highest BCUT2D eigenvalue weighted by Crippen LogP contribution is 2.38. The molecule has 3 aromatic rings. The largest absolute Gasteiger partial charge is 0.345 e. The topological polar surface area (TPSA) is 156 Å². The molecule has 0 spiro atoms. The van der Waals surface area contributed by atoms with E-state index in [2.05, 4.69) is 4.98 Å². The third-order valence-corrected chi connectivity index (χ3v) is 4.13. The van der Waals surface area contributed by atoms with Gasteiger partial charge in [-0.1, -0.05) is 18.2 Å². The molecule has 10 nitrogen and oxygen atoms in total. The monoisotopic (exact) mass is 351 g/mol. The molecule has 2 aromatic carbocycles. The fourth-order valence-corrected chi connectivity index (χ4v) is 3.24. The molecule has 0 saturated carbocycles. The molecule has 0 unspecified atom stereocenters. The Labute approximate surface area is 132 Å². The third kappa shape index (κ3) is 2.62. The summed E-state index contributed by atoms with van der Waals surface area (Å²) in [6.07, 6.45) is -1.01. The Morgan fingerprint density at radius 2 is 1.83 bits per heavy atom. The minimum absolute atomic E-state index is 0.0177. The first-order valence-electron chi connectivity index (χ1n) is 6.56. The van der Waals surface area contributed by atoms with Crippen LogP contribution in [0.4, 0.5) is 5.69 Å². The summed E-state index contributed by atoms with van der Waals surface area (Å²) in [5.74, 6) is 0. The number of benzene rings is 2. The van der Waals surface area contributed by atoms with Crippen molar-refractivity contribution < 1.29 is 19.3 Å². The molecular weight excluding hydrogens is 341 g/mol. The smallest absolute Gasteiger partial charge is 0.323 e. The summed E-state index contributed by atoms with van der Waals surface area (Å²) in [5.41, 5.74) is -2.61. The molecule has 11 heteroatoms. The first-order chi connectivity index (χ1) is 11.2. The minimum Gasteiger partial charge on any atom is -0.323 e. The van der Waals surface area contributed by atoms with E-state index in [1.807, 2.05) is 0 Å². The number of aromatic nitrogens is 2. The molecule has 0 aliphatic heterocycles. The fraction of sp³-hybridized carbons (Fsp3) is 0.0769. The normalized spacial score (nSPS) is 11.9.